The van der Waals surface area contributed by atoms with Crippen molar-refractivity contribution in [3.63, 3.8) is 0 Å². The monoisotopic (exact) mass is 382 g/mol. The van der Waals surface area contributed by atoms with E-state index in [1.54, 1.807) is 29.5 Å². The van der Waals surface area contributed by atoms with Gasteiger partial charge in [-0.2, -0.15) is 5.10 Å². The van der Waals surface area contributed by atoms with Crippen molar-refractivity contribution in [3.8, 4) is 11.5 Å². The van der Waals surface area contributed by atoms with Crippen molar-refractivity contribution >= 4 is 5.91 Å². The molecule has 0 unspecified atom stereocenters. The van der Waals surface area contributed by atoms with Gasteiger partial charge in [-0.15, -0.1) is 5.10 Å². The third kappa shape index (κ3) is 4.55. The van der Waals surface area contributed by atoms with Crippen molar-refractivity contribution in [2.24, 2.45) is 0 Å². The van der Waals surface area contributed by atoms with E-state index in [2.05, 4.69) is 46.1 Å². The Kier molecular flexibility index (Phi) is 5.61. The molecule has 28 heavy (non-hydrogen) atoms. The molecule has 0 aromatic carbocycles. The molecule has 3 N–H and O–H groups in total. The molecule has 11 nitrogen and oxygen atoms in total. The van der Waals surface area contributed by atoms with E-state index in [4.69, 9.17) is 0 Å². The number of carbonyl (C=O) groups excluding carboxylic acids is 1. The first kappa shape index (κ1) is 18.2. The maximum atomic E-state index is 12.3. The molecule has 146 valence electrons. The van der Waals surface area contributed by atoms with Gasteiger partial charge in [0.05, 0.1) is 18.9 Å². The van der Waals surface area contributed by atoms with Gasteiger partial charge in [-0.3, -0.25) is 19.6 Å². The van der Waals surface area contributed by atoms with Crippen molar-refractivity contribution in [2.45, 2.75) is 44.8 Å². The molecule has 1 aliphatic rings. The number of aromatic nitrogens is 8. The van der Waals surface area contributed by atoms with E-state index in [1.807, 2.05) is 0 Å². The quantitative estimate of drug-likeness (QED) is 0.531. The summed E-state index contributed by atoms with van der Waals surface area (Å²) in [6.45, 7) is 2.02. The molecule has 4 heterocycles. The normalized spacial score (nSPS) is 16.8. The molecule has 1 amide bonds. The lowest BCUT2D eigenvalue weighted by molar-refractivity contribution is 0.0945. The fourth-order valence-corrected chi connectivity index (χ4v) is 3.13. The molecular weight excluding hydrogens is 360 g/mol. The van der Waals surface area contributed by atoms with Gasteiger partial charge in [0, 0.05) is 25.0 Å². The molecule has 11 heteroatoms. The fraction of sp³-hybridized carbons (Fsp3) is 0.471. The number of amides is 1. The Morgan fingerprint density at radius 2 is 2.29 bits per heavy atom. The van der Waals surface area contributed by atoms with Crippen LogP contribution in [0.25, 0.3) is 11.5 Å². The van der Waals surface area contributed by atoms with E-state index in [0.29, 0.717) is 23.4 Å². The second kappa shape index (κ2) is 8.65. The number of carbonyl (C=O) groups is 1. The molecule has 0 aliphatic carbocycles. The number of H-pyrrole nitrogens is 1. The smallest absolute Gasteiger partial charge is 0.273 e. The highest BCUT2D eigenvalue weighted by Gasteiger charge is 2.15. The van der Waals surface area contributed by atoms with Crippen LogP contribution in [0.15, 0.2) is 24.8 Å². The van der Waals surface area contributed by atoms with Gasteiger partial charge in [0.1, 0.15) is 11.5 Å². The van der Waals surface area contributed by atoms with Crippen molar-refractivity contribution < 1.29 is 4.79 Å². The van der Waals surface area contributed by atoms with Gasteiger partial charge < -0.3 is 10.6 Å². The number of rotatable bonds is 7. The van der Waals surface area contributed by atoms with Gasteiger partial charge in [0.25, 0.3) is 5.91 Å². The Bertz CT molecular complexity index is 900. The van der Waals surface area contributed by atoms with Crippen LogP contribution in [0.2, 0.25) is 0 Å². The minimum Gasteiger partial charge on any atom is -0.343 e. The van der Waals surface area contributed by atoms with E-state index >= 15 is 0 Å². The van der Waals surface area contributed by atoms with Crippen LogP contribution in [-0.2, 0) is 13.1 Å². The minimum atomic E-state index is -0.306. The highest BCUT2D eigenvalue weighted by Crippen LogP contribution is 2.11. The van der Waals surface area contributed by atoms with Gasteiger partial charge >= 0.3 is 0 Å². The third-order valence-electron chi connectivity index (χ3n) is 4.63. The second-order valence-electron chi connectivity index (χ2n) is 6.68. The number of nitrogens with zero attached hydrogens (tertiary/aromatic N) is 7. The minimum absolute atomic E-state index is 0.199. The van der Waals surface area contributed by atoms with Crippen molar-refractivity contribution in [2.75, 3.05) is 6.54 Å². The zero-order valence-electron chi connectivity index (χ0n) is 15.4. The van der Waals surface area contributed by atoms with Gasteiger partial charge in [-0.05, 0) is 25.8 Å². The Hall–Kier alpha value is -3.21. The number of aromatic amines is 1. The Morgan fingerprint density at radius 1 is 1.32 bits per heavy atom. The lowest BCUT2D eigenvalue weighted by atomic mass is 10.0. The van der Waals surface area contributed by atoms with E-state index in [-0.39, 0.29) is 18.1 Å². The number of hydrogen-bond acceptors (Lipinski definition) is 8. The Morgan fingerprint density at radius 3 is 3.11 bits per heavy atom. The van der Waals surface area contributed by atoms with E-state index in [0.717, 1.165) is 19.5 Å². The fourth-order valence-electron chi connectivity index (χ4n) is 3.13. The van der Waals surface area contributed by atoms with Crippen LogP contribution in [0.4, 0.5) is 0 Å². The molecule has 1 atom stereocenters. The van der Waals surface area contributed by atoms with Crippen LogP contribution < -0.4 is 10.6 Å². The summed E-state index contributed by atoms with van der Waals surface area (Å²) in [5, 5.41) is 21.1. The topological polar surface area (TPSA) is 139 Å². The maximum absolute atomic E-state index is 12.3. The van der Waals surface area contributed by atoms with Crippen LogP contribution in [0, 0.1) is 0 Å². The Balaban J connectivity index is 1.27. The number of piperidine rings is 1. The molecule has 0 radical (unpaired) electrons. The van der Waals surface area contributed by atoms with Crippen molar-refractivity contribution in [1.29, 1.82) is 0 Å². The van der Waals surface area contributed by atoms with E-state index < -0.39 is 0 Å². The highest BCUT2D eigenvalue weighted by atomic mass is 16.2. The molecule has 4 rings (SSSR count). The van der Waals surface area contributed by atoms with Crippen LogP contribution in [0.3, 0.4) is 0 Å². The third-order valence-corrected chi connectivity index (χ3v) is 4.63. The summed E-state index contributed by atoms with van der Waals surface area (Å²) in [5.41, 5.74) is 0.844. The lowest BCUT2D eigenvalue weighted by Gasteiger charge is -2.23. The number of hydrogen-bond donors (Lipinski definition) is 3. The van der Waals surface area contributed by atoms with Crippen LogP contribution in [0.5, 0.6) is 0 Å². The summed E-state index contributed by atoms with van der Waals surface area (Å²) in [7, 11) is 0. The Labute approximate surface area is 161 Å². The molecule has 3 aromatic rings. The van der Waals surface area contributed by atoms with E-state index in [1.165, 1.54) is 19.3 Å². The van der Waals surface area contributed by atoms with Gasteiger partial charge in [-0.1, -0.05) is 11.6 Å². The summed E-state index contributed by atoms with van der Waals surface area (Å²) in [6.07, 6.45) is 11.1. The summed E-state index contributed by atoms with van der Waals surface area (Å²) >= 11 is 0. The molecule has 1 aliphatic heterocycles. The number of aryl methyl sites for hydroxylation is 1. The number of nitrogens with one attached hydrogen (secondary N) is 3. The van der Waals surface area contributed by atoms with Gasteiger partial charge in [0.15, 0.2) is 5.69 Å². The average molecular weight is 382 g/mol. The first-order valence-corrected chi connectivity index (χ1v) is 9.37. The zero-order valence-corrected chi connectivity index (χ0v) is 15.4. The average Bonchev–Trinajstić information content (AvgIpc) is 3.42. The highest BCUT2D eigenvalue weighted by molar-refractivity contribution is 5.91. The summed E-state index contributed by atoms with van der Waals surface area (Å²) < 4.78 is 1.71. The predicted octanol–water partition coefficient (Wildman–Crippen LogP) is 0.315. The first-order chi connectivity index (χ1) is 13.8. The summed E-state index contributed by atoms with van der Waals surface area (Å²) in [6, 6.07) is 0.519. The van der Waals surface area contributed by atoms with Crippen molar-refractivity contribution in [3.05, 3.63) is 36.3 Å². The molecule has 3 aromatic heterocycles. The van der Waals surface area contributed by atoms with Crippen LogP contribution in [-0.4, -0.2) is 58.6 Å². The largest absolute Gasteiger partial charge is 0.343 e. The summed E-state index contributed by atoms with van der Waals surface area (Å²) in [4.78, 5) is 24.7. The molecule has 1 fully saturated rings. The molecule has 1 saturated heterocycles. The predicted molar refractivity (Wildman–Crippen MR) is 98.9 cm³/mol. The second-order valence-corrected chi connectivity index (χ2v) is 6.68. The molecular formula is C17H22N10O. The van der Waals surface area contributed by atoms with Gasteiger partial charge in [-0.25, -0.2) is 9.97 Å². The van der Waals surface area contributed by atoms with Crippen molar-refractivity contribution in [1.82, 2.24) is 50.8 Å². The van der Waals surface area contributed by atoms with Gasteiger partial charge in [0.2, 0.25) is 5.82 Å². The standard InChI is InChI=1S/C17H22N10O/c28-17(14-11-27(26-23-14)8-4-12-3-1-2-5-19-12)21-10-15-22-16(25-24-15)13-9-18-6-7-20-13/h6-7,9,11-12,19H,1-5,8,10H2,(H,21,28)(H,22,24,25)/t12-/m0/s1. The first-order valence-electron chi connectivity index (χ1n) is 9.37. The van der Waals surface area contributed by atoms with Crippen LogP contribution >= 0.6 is 0 Å². The van der Waals surface area contributed by atoms with Crippen LogP contribution in [0.1, 0.15) is 42.0 Å². The summed E-state index contributed by atoms with van der Waals surface area (Å²) in [5.74, 6) is 0.642. The lowest BCUT2D eigenvalue weighted by Crippen LogP contribution is -2.34. The SMILES string of the molecule is O=C(NCc1nc(-c2cnccn2)n[nH]1)c1cn(CC[C@@H]2CCCCN2)nn1. The zero-order chi connectivity index (χ0) is 19.2. The molecule has 0 spiro atoms. The molecule has 0 saturated carbocycles. The maximum Gasteiger partial charge on any atom is 0.273 e. The van der Waals surface area contributed by atoms with E-state index in [9.17, 15) is 4.79 Å². The molecule has 0 bridgehead atoms.